The molecule has 0 fully saturated rings. The van der Waals surface area contributed by atoms with Gasteiger partial charge in [0.15, 0.2) is 0 Å². The summed E-state index contributed by atoms with van der Waals surface area (Å²) in [5, 5.41) is 21.6. The van der Waals surface area contributed by atoms with E-state index in [2.05, 4.69) is 27.8 Å². The summed E-state index contributed by atoms with van der Waals surface area (Å²) in [5.74, 6) is 0. The van der Waals surface area contributed by atoms with E-state index >= 15 is 0 Å². The van der Waals surface area contributed by atoms with Crippen LogP contribution in [0, 0.1) is 0 Å². The van der Waals surface area contributed by atoms with Gasteiger partial charge in [0.05, 0.1) is 18.7 Å². The van der Waals surface area contributed by atoms with Crippen LogP contribution in [0.1, 0.15) is 0 Å². The molecule has 4 rings (SSSR count). The zero-order valence-electron chi connectivity index (χ0n) is 14.4. The highest BCUT2D eigenvalue weighted by atomic mass is 32.2. The average molecular weight is 370 g/mol. The Bertz CT molecular complexity index is 925. The first kappa shape index (κ1) is 17.3. The van der Waals surface area contributed by atoms with Crippen LogP contribution in [0.2, 0.25) is 0 Å². The largest absolute Gasteiger partial charge is 0.395 e. The molecule has 0 radical (unpaired) electrons. The Morgan fingerprint density at radius 2 is 2.12 bits per heavy atom. The fourth-order valence-electron chi connectivity index (χ4n) is 3.22. The lowest BCUT2D eigenvalue weighted by Gasteiger charge is -2.18. The van der Waals surface area contributed by atoms with Crippen molar-refractivity contribution in [1.82, 2.24) is 20.1 Å². The Balaban J connectivity index is 1.74. The van der Waals surface area contributed by atoms with Crippen molar-refractivity contribution >= 4 is 28.4 Å². The molecule has 0 unspecified atom stereocenters. The van der Waals surface area contributed by atoms with Gasteiger partial charge in [-0.1, -0.05) is 11.8 Å². The molecule has 0 aliphatic carbocycles. The lowest BCUT2D eigenvalue weighted by molar-refractivity contribution is 0.293. The van der Waals surface area contributed by atoms with Gasteiger partial charge in [0.2, 0.25) is 0 Å². The maximum absolute atomic E-state index is 8.85. The van der Waals surface area contributed by atoms with E-state index in [1.807, 2.05) is 23.1 Å². The molecule has 1 aromatic carbocycles. The molecule has 8 heteroatoms. The number of benzene rings is 1. The second kappa shape index (κ2) is 7.63. The minimum Gasteiger partial charge on any atom is -0.395 e. The Morgan fingerprint density at radius 3 is 2.96 bits per heavy atom. The Kier molecular flexibility index (Phi) is 5.07. The fraction of sp³-hybridized carbons (Fsp3) is 0.333. The van der Waals surface area contributed by atoms with Crippen LogP contribution in [0.25, 0.3) is 22.2 Å². The number of aliphatic hydroxyl groups excluding tert-OH is 1. The number of aromatic nitrogens is 3. The summed E-state index contributed by atoms with van der Waals surface area (Å²) in [7, 11) is 0. The molecule has 0 spiro atoms. The fourth-order valence-corrected chi connectivity index (χ4v) is 4.39. The molecule has 2 aromatic heterocycles. The molecule has 0 saturated heterocycles. The Hall–Kier alpha value is -2.13. The molecule has 0 amide bonds. The van der Waals surface area contributed by atoms with E-state index in [0.717, 1.165) is 40.4 Å². The van der Waals surface area contributed by atoms with Crippen LogP contribution < -0.4 is 16.4 Å². The summed E-state index contributed by atoms with van der Waals surface area (Å²) in [5.41, 5.74) is 10.1. The number of pyridine rings is 1. The molecule has 5 N–H and O–H groups in total. The van der Waals surface area contributed by atoms with Crippen molar-refractivity contribution in [3.05, 3.63) is 30.6 Å². The molecule has 0 saturated carbocycles. The number of rotatable bonds is 8. The second-order valence-electron chi connectivity index (χ2n) is 6.07. The van der Waals surface area contributed by atoms with Gasteiger partial charge in [-0.3, -0.25) is 9.67 Å². The zero-order valence-corrected chi connectivity index (χ0v) is 15.2. The molecule has 0 bridgehead atoms. The molecule has 7 nitrogen and oxygen atoms in total. The molecule has 26 heavy (non-hydrogen) atoms. The SMILES string of the molecule is NCCn1nc2c3c(c(NCCNCCO)ccc31)Sc1cnccc1-2. The van der Waals surface area contributed by atoms with Crippen molar-refractivity contribution in [3.63, 3.8) is 0 Å². The van der Waals surface area contributed by atoms with E-state index in [0.29, 0.717) is 19.6 Å². The van der Waals surface area contributed by atoms with Crippen LogP contribution in [-0.4, -0.2) is 52.7 Å². The minimum absolute atomic E-state index is 0.153. The highest BCUT2D eigenvalue weighted by Gasteiger charge is 2.25. The predicted molar refractivity (Wildman–Crippen MR) is 105 cm³/mol. The van der Waals surface area contributed by atoms with Gasteiger partial charge in [-0.15, -0.1) is 0 Å². The van der Waals surface area contributed by atoms with Crippen molar-refractivity contribution < 1.29 is 5.11 Å². The topological polar surface area (TPSA) is 101 Å². The van der Waals surface area contributed by atoms with Gasteiger partial charge in [-0.25, -0.2) is 0 Å². The Morgan fingerprint density at radius 1 is 1.19 bits per heavy atom. The summed E-state index contributed by atoms with van der Waals surface area (Å²) >= 11 is 1.73. The lowest BCUT2D eigenvalue weighted by atomic mass is 10.1. The normalized spacial score (nSPS) is 12.4. The van der Waals surface area contributed by atoms with Crippen LogP contribution >= 0.6 is 11.8 Å². The van der Waals surface area contributed by atoms with Gasteiger partial charge in [0.1, 0.15) is 5.69 Å². The minimum atomic E-state index is 0.153. The number of nitrogens with two attached hydrogens (primary N) is 1. The molecular formula is C18H22N6OS. The number of nitrogens with one attached hydrogen (secondary N) is 2. The van der Waals surface area contributed by atoms with Crippen LogP contribution in [0.4, 0.5) is 5.69 Å². The molecule has 1 aliphatic heterocycles. The zero-order chi connectivity index (χ0) is 17.9. The highest BCUT2D eigenvalue weighted by Crippen LogP contribution is 2.49. The molecule has 3 aromatic rings. The number of aliphatic hydroxyl groups is 1. The van der Waals surface area contributed by atoms with Crippen molar-refractivity contribution in [2.45, 2.75) is 16.3 Å². The third-order valence-electron chi connectivity index (χ3n) is 4.37. The van der Waals surface area contributed by atoms with E-state index in [1.165, 1.54) is 10.3 Å². The smallest absolute Gasteiger partial charge is 0.103 e. The summed E-state index contributed by atoms with van der Waals surface area (Å²) in [6.45, 7) is 3.58. The molecule has 1 aliphatic rings. The van der Waals surface area contributed by atoms with Gasteiger partial charge < -0.3 is 21.5 Å². The lowest BCUT2D eigenvalue weighted by Crippen LogP contribution is -2.25. The monoisotopic (exact) mass is 370 g/mol. The van der Waals surface area contributed by atoms with Gasteiger partial charge >= 0.3 is 0 Å². The van der Waals surface area contributed by atoms with Crippen LogP contribution in [-0.2, 0) is 6.54 Å². The van der Waals surface area contributed by atoms with Gasteiger partial charge in [0.25, 0.3) is 0 Å². The first-order chi connectivity index (χ1) is 12.8. The number of fused-ring (bicyclic) bond motifs is 2. The van der Waals surface area contributed by atoms with Gasteiger partial charge in [-0.2, -0.15) is 5.10 Å². The summed E-state index contributed by atoms with van der Waals surface area (Å²) in [6.07, 6.45) is 3.71. The summed E-state index contributed by atoms with van der Waals surface area (Å²) in [4.78, 5) is 6.58. The molecule has 0 atom stereocenters. The average Bonchev–Trinajstić information content (AvgIpc) is 3.03. The molecular weight excluding hydrogens is 348 g/mol. The van der Waals surface area contributed by atoms with E-state index in [1.54, 1.807) is 11.8 Å². The van der Waals surface area contributed by atoms with E-state index < -0.39 is 0 Å². The standard InChI is InChI=1S/C18H22N6OS/c19-4-9-24-14-2-1-13(22-7-6-20-8-10-25)18-16(14)17(23-24)12-3-5-21-11-15(12)26-18/h1-3,5,11,20,22,25H,4,6-10,19H2. The summed E-state index contributed by atoms with van der Waals surface area (Å²) in [6, 6.07) is 6.25. The molecule has 136 valence electrons. The summed E-state index contributed by atoms with van der Waals surface area (Å²) < 4.78 is 2.00. The maximum Gasteiger partial charge on any atom is 0.103 e. The van der Waals surface area contributed by atoms with Crippen molar-refractivity contribution in [1.29, 1.82) is 0 Å². The second-order valence-corrected chi connectivity index (χ2v) is 7.12. The third kappa shape index (κ3) is 3.05. The van der Waals surface area contributed by atoms with Crippen LogP contribution in [0.15, 0.2) is 40.4 Å². The van der Waals surface area contributed by atoms with Crippen molar-refractivity contribution in [3.8, 4) is 11.3 Å². The van der Waals surface area contributed by atoms with E-state index in [4.69, 9.17) is 15.9 Å². The number of hydrogen-bond acceptors (Lipinski definition) is 7. The maximum atomic E-state index is 8.85. The van der Waals surface area contributed by atoms with E-state index in [9.17, 15) is 0 Å². The van der Waals surface area contributed by atoms with Crippen LogP contribution in [0.5, 0.6) is 0 Å². The van der Waals surface area contributed by atoms with Crippen molar-refractivity contribution in [2.24, 2.45) is 5.73 Å². The quantitative estimate of drug-likeness (QED) is 0.349. The predicted octanol–water partition coefficient (Wildman–Crippen LogP) is 1.52. The number of nitrogens with zero attached hydrogens (tertiary/aromatic N) is 3. The molecule has 3 heterocycles. The van der Waals surface area contributed by atoms with Gasteiger partial charge in [-0.05, 0) is 18.2 Å². The van der Waals surface area contributed by atoms with Crippen LogP contribution in [0.3, 0.4) is 0 Å². The van der Waals surface area contributed by atoms with Crippen molar-refractivity contribution in [2.75, 3.05) is 38.1 Å². The first-order valence-electron chi connectivity index (χ1n) is 8.74. The van der Waals surface area contributed by atoms with Gasteiger partial charge in [0, 0.05) is 65.0 Å². The Labute approximate surface area is 156 Å². The van der Waals surface area contributed by atoms with E-state index in [-0.39, 0.29) is 6.61 Å². The number of anilines is 1. The third-order valence-corrected chi connectivity index (χ3v) is 5.54. The number of hydrogen-bond donors (Lipinski definition) is 4. The highest BCUT2D eigenvalue weighted by molar-refractivity contribution is 8.00. The first-order valence-corrected chi connectivity index (χ1v) is 9.56.